The van der Waals surface area contributed by atoms with E-state index in [1.807, 2.05) is 6.92 Å². The molecule has 2 N–H and O–H groups in total. The highest BCUT2D eigenvalue weighted by atomic mass is 16.5. The second-order valence-electron chi connectivity index (χ2n) is 8.00. The number of anilines is 1. The Labute approximate surface area is 153 Å². The SMILES string of the molecule is Cc1nc(C(C)(CC2CC2)c2ccc3c(c2N)Cc2ccccc2-3)no1. The van der Waals surface area contributed by atoms with Gasteiger partial charge in [0.25, 0.3) is 0 Å². The fraction of sp³-hybridized carbons (Fsp3) is 0.364. The molecule has 1 aromatic heterocycles. The Morgan fingerprint density at radius 2 is 1.96 bits per heavy atom. The summed E-state index contributed by atoms with van der Waals surface area (Å²) in [4.78, 5) is 4.58. The van der Waals surface area contributed by atoms with Crippen LogP contribution in [0.2, 0.25) is 0 Å². The Hall–Kier alpha value is -2.62. The van der Waals surface area contributed by atoms with E-state index in [1.54, 1.807) is 0 Å². The third kappa shape index (κ3) is 2.28. The van der Waals surface area contributed by atoms with Crippen molar-refractivity contribution in [3.63, 3.8) is 0 Å². The zero-order valence-corrected chi connectivity index (χ0v) is 15.2. The van der Waals surface area contributed by atoms with E-state index in [9.17, 15) is 0 Å². The molecule has 2 aliphatic carbocycles. The molecule has 0 radical (unpaired) electrons. The van der Waals surface area contributed by atoms with Gasteiger partial charge in [-0.3, -0.25) is 0 Å². The molecular formula is C22H23N3O. The van der Waals surface area contributed by atoms with E-state index < -0.39 is 0 Å². The fourth-order valence-corrected chi connectivity index (χ4v) is 4.46. The highest BCUT2D eigenvalue weighted by Crippen LogP contribution is 2.49. The number of aryl methyl sites for hydroxylation is 1. The van der Waals surface area contributed by atoms with Crippen molar-refractivity contribution in [1.29, 1.82) is 0 Å². The van der Waals surface area contributed by atoms with Gasteiger partial charge >= 0.3 is 0 Å². The van der Waals surface area contributed by atoms with Crippen LogP contribution in [0.1, 0.15) is 54.6 Å². The number of nitrogen functional groups attached to an aromatic ring is 1. The molecule has 3 aromatic rings. The first-order chi connectivity index (χ1) is 12.6. The molecule has 4 nitrogen and oxygen atoms in total. The average molecular weight is 345 g/mol. The Balaban J connectivity index is 1.65. The van der Waals surface area contributed by atoms with Gasteiger partial charge in [0.15, 0.2) is 5.82 Å². The topological polar surface area (TPSA) is 64.9 Å². The fourth-order valence-electron chi connectivity index (χ4n) is 4.46. The van der Waals surface area contributed by atoms with Gasteiger partial charge in [-0.15, -0.1) is 0 Å². The van der Waals surface area contributed by atoms with Gasteiger partial charge in [0.1, 0.15) is 0 Å². The number of fused-ring (bicyclic) bond motifs is 3. The van der Waals surface area contributed by atoms with Crippen LogP contribution in [0.4, 0.5) is 5.69 Å². The number of aromatic nitrogens is 2. The van der Waals surface area contributed by atoms with Crippen LogP contribution < -0.4 is 5.73 Å². The van der Waals surface area contributed by atoms with Crippen molar-refractivity contribution in [2.75, 3.05) is 5.73 Å². The van der Waals surface area contributed by atoms with Crippen LogP contribution in [0.5, 0.6) is 0 Å². The van der Waals surface area contributed by atoms with Crippen LogP contribution in [0.25, 0.3) is 11.1 Å². The molecule has 1 fully saturated rings. The van der Waals surface area contributed by atoms with E-state index >= 15 is 0 Å². The van der Waals surface area contributed by atoms with Crippen LogP contribution >= 0.6 is 0 Å². The minimum Gasteiger partial charge on any atom is -0.398 e. The van der Waals surface area contributed by atoms with Gasteiger partial charge in [0.05, 0.1) is 5.41 Å². The van der Waals surface area contributed by atoms with E-state index in [2.05, 4.69) is 53.5 Å². The first-order valence-electron chi connectivity index (χ1n) is 9.37. The summed E-state index contributed by atoms with van der Waals surface area (Å²) in [6.45, 7) is 4.06. The largest absolute Gasteiger partial charge is 0.398 e. The molecule has 5 rings (SSSR count). The molecule has 1 saturated carbocycles. The lowest BCUT2D eigenvalue weighted by Gasteiger charge is -2.29. The molecular weight excluding hydrogens is 322 g/mol. The van der Waals surface area contributed by atoms with Crippen LogP contribution in [-0.2, 0) is 11.8 Å². The number of nitrogens with zero attached hydrogens (tertiary/aromatic N) is 2. The van der Waals surface area contributed by atoms with Gasteiger partial charge in [-0.25, -0.2) is 0 Å². The van der Waals surface area contributed by atoms with E-state index in [0.29, 0.717) is 5.89 Å². The summed E-state index contributed by atoms with van der Waals surface area (Å²) < 4.78 is 5.32. The number of nitrogens with two attached hydrogens (primary N) is 1. The maximum absolute atomic E-state index is 6.75. The molecule has 0 saturated heterocycles. The predicted molar refractivity (Wildman–Crippen MR) is 102 cm³/mol. The molecule has 0 bridgehead atoms. The van der Waals surface area contributed by atoms with Crippen molar-refractivity contribution in [3.05, 3.63) is 64.8 Å². The molecule has 1 atom stereocenters. The van der Waals surface area contributed by atoms with Crippen molar-refractivity contribution in [1.82, 2.24) is 10.1 Å². The maximum atomic E-state index is 6.75. The monoisotopic (exact) mass is 345 g/mol. The molecule has 1 unspecified atom stereocenters. The van der Waals surface area contributed by atoms with Gasteiger partial charge in [0, 0.05) is 19.0 Å². The average Bonchev–Trinajstić information content (AvgIpc) is 3.18. The van der Waals surface area contributed by atoms with E-state index in [-0.39, 0.29) is 5.41 Å². The van der Waals surface area contributed by atoms with Gasteiger partial charge in [0.2, 0.25) is 5.89 Å². The summed E-state index contributed by atoms with van der Waals surface area (Å²) in [5, 5.41) is 4.28. The molecule has 2 aliphatic rings. The second kappa shape index (κ2) is 5.44. The lowest BCUT2D eigenvalue weighted by Crippen LogP contribution is -2.28. The summed E-state index contributed by atoms with van der Waals surface area (Å²) >= 11 is 0. The standard InChI is InChI=1S/C22H23N3O/c1-13-24-21(25-26-13)22(2,12-14-7-8-14)19-10-9-17-16-6-4-3-5-15(16)11-18(17)20(19)23/h3-6,9-10,14H,7-8,11-12,23H2,1-2H3. The smallest absolute Gasteiger partial charge is 0.223 e. The summed E-state index contributed by atoms with van der Waals surface area (Å²) in [7, 11) is 0. The third-order valence-electron chi connectivity index (χ3n) is 6.04. The predicted octanol–water partition coefficient (Wildman–Crippen LogP) is 4.64. The molecule has 0 spiro atoms. The van der Waals surface area contributed by atoms with Gasteiger partial charge < -0.3 is 10.3 Å². The zero-order valence-electron chi connectivity index (χ0n) is 15.2. The molecule has 4 heteroatoms. The number of benzene rings is 2. The molecule has 2 aromatic carbocycles. The molecule has 132 valence electrons. The minimum absolute atomic E-state index is 0.313. The maximum Gasteiger partial charge on any atom is 0.223 e. The van der Waals surface area contributed by atoms with E-state index in [4.69, 9.17) is 10.3 Å². The van der Waals surface area contributed by atoms with Crippen molar-refractivity contribution in [3.8, 4) is 11.1 Å². The number of rotatable bonds is 4. The van der Waals surface area contributed by atoms with E-state index in [0.717, 1.165) is 35.8 Å². The summed E-state index contributed by atoms with van der Waals surface area (Å²) in [6.07, 6.45) is 4.48. The van der Waals surface area contributed by atoms with Crippen LogP contribution in [0.3, 0.4) is 0 Å². The van der Waals surface area contributed by atoms with Crippen molar-refractivity contribution < 1.29 is 4.52 Å². The number of hydrogen-bond acceptors (Lipinski definition) is 4. The Kier molecular flexibility index (Phi) is 3.27. The Bertz CT molecular complexity index is 1000. The van der Waals surface area contributed by atoms with Crippen LogP contribution in [0, 0.1) is 12.8 Å². The molecule has 26 heavy (non-hydrogen) atoms. The van der Waals surface area contributed by atoms with Gasteiger partial charge in [-0.05, 0) is 47.1 Å². The van der Waals surface area contributed by atoms with Crippen molar-refractivity contribution in [2.45, 2.75) is 44.9 Å². The van der Waals surface area contributed by atoms with Gasteiger partial charge in [-0.2, -0.15) is 4.98 Å². The quantitative estimate of drug-likeness (QED) is 0.547. The summed E-state index contributed by atoms with van der Waals surface area (Å²) in [5.74, 6) is 2.09. The Morgan fingerprint density at radius 1 is 1.15 bits per heavy atom. The first kappa shape index (κ1) is 15.6. The summed E-state index contributed by atoms with van der Waals surface area (Å²) in [5.41, 5.74) is 13.6. The molecule has 0 amide bonds. The highest BCUT2D eigenvalue weighted by molar-refractivity contribution is 5.83. The third-order valence-corrected chi connectivity index (χ3v) is 6.04. The lowest BCUT2D eigenvalue weighted by atomic mass is 9.75. The minimum atomic E-state index is -0.313. The van der Waals surface area contributed by atoms with Crippen LogP contribution in [0.15, 0.2) is 40.9 Å². The second-order valence-corrected chi connectivity index (χ2v) is 8.00. The lowest BCUT2D eigenvalue weighted by molar-refractivity contribution is 0.366. The summed E-state index contributed by atoms with van der Waals surface area (Å²) in [6, 6.07) is 13.0. The van der Waals surface area contributed by atoms with Crippen molar-refractivity contribution >= 4 is 5.69 Å². The highest BCUT2D eigenvalue weighted by Gasteiger charge is 2.41. The molecule has 1 heterocycles. The van der Waals surface area contributed by atoms with Crippen LogP contribution in [-0.4, -0.2) is 10.1 Å². The van der Waals surface area contributed by atoms with Crippen molar-refractivity contribution in [2.24, 2.45) is 5.92 Å². The Morgan fingerprint density at radius 3 is 2.69 bits per heavy atom. The number of hydrogen-bond donors (Lipinski definition) is 1. The normalized spacial score (nSPS) is 17.6. The zero-order chi connectivity index (χ0) is 17.9. The van der Waals surface area contributed by atoms with E-state index in [1.165, 1.54) is 35.1 Å². The first-order valence-corrected chi connectivity index (χ1v) is 9.37. The van der Waals surface area contributed by atoms with Gasteiger partial charge in [-0.1, -0.05) is 54.4 Å². The molecule has 0 aliphatic heterocycles.